The summed E-state index contributed by atoms with van der Waals surface area (Å²) in [6.07, 6.45) is 2.03. The van der Waals surface area contributed by atoms with Crippen molar-refractivity contribution < 1.29 is 13.2 Å². The molecule has 15 heavy (non-hydrogen) atoms. The first-order chi connectivity index (χ1) is 7.06. The van der Waals surface area contributed by atoms with E-state index in [1.54, 1.807) is 18.2 Å². The van der Waals surface area contributed by atoms with Crippen LogP contribution in [0.2, 0.25) is 0 Å². The van der Waals surface area contributed by atoms with Crippen LogP contribution in [0.1, 0.15) is 15.9 Å². The van der Waals surface area contributed by atoms with Gasteiger partial charge < -0.3 is 0 Å². The van der Waals surface area contributed by atoms with Gasteiger partial charge in [0, 0.05) is 0 Å². The number of sulfonamides is 1. The fraction of sp³-hybridized carbons (Fsp3) is 0.100. The Morgan fingerprint density at radius 2 is 2.13 bits per heavy atom. The monoisotopic (exact) mass is 223 g/mol. The van der Waals surface area contributed by atoms with Crippen LogP contribution in [-0.4, -0.2) is 14.3 Å². The molecule has 0 saturated heterocycles. The zero-order valence-corrected chi connectivity index (χ0v) is 8.67. The topological polar surface area (TPSA) is 63.2 Å². The second kappa shape index (κ2) is 3.20. The molecule has 0 fully saturated rings. The first kappa shape index (κ1) is 9.92. The Hall–Kier alpha value is -1.62. The quantitative estimate of drug-likeness (QED) is 0.756. The number of hydrogen-bond acceptors (Lipinski definition) is 3. The zero-order valence-electron chi connectivity index (χ0n) is 7.86. The van der Waals surface area contributed by atoms with Crippen molar-refractivity contribution >= 4 is 15.9 Å². The molecule has 0 unspecified atom stereocenters. The smallest absolute Gasteiger partial charge is 0.266 e. The summed E-state index contributed by atoms with van der Waals surface area (Å²) in [4.78, 5) is 11.4. The highest BCUT2D eigenvalue weighted by Crippen LogP contribution is 2.26. The van der Waals surface area contributed by atoms with E-state index in [1.165, 1.54) is 6.07 Å². The third-order valence-electron chi connectivity index (χ3n) is 2.20. The number of carbonyl (C=O) groups excluding carboxylic acids is 1. The van der Waals surface area contributed by atoms with Gasteiger partial charge in [-0.05, 0) is 18.1 Å². The van der Waals surface area contributed by atoms with Gasteiger partial charge in [0.05, 0.1) is 5.56 Å². The number of hydrogen-bond donors (Lipinski definition) is 1. The molecule has 1 aliphatic rings. The maximum absolute atomic E-state index is 11.6. The maximum atomic E-state index is 11.6. The molecule has 1 N–H and O–H groups in total. The molecule has 78 valence electrons. The highest BCUT2D eigenvalue weighted by Gasteiger charge is 2.34. The fourth-order valence-corrected chi connectivity index (χ4v) is 3.03. The Labute approximate surface area is 87.7 Å². The molecular weight excluding hydrogens is 214 g/mol. The van der Waals surface area contributed by atoms with Crippen molar-refractivity contribution in [3.05, 3.63) is 42.0 Å². The minimum absolute atomic E-state index is 0.0925. The lowest BCUT2D eigenvalue weighted by atomic mass is 10.1. The molecule has 0 atom stereocenters. The molecule has 0 bridgehead atoms. The van der Waals surface area contributed by atoms with Crippen molar-refractivity contribution in [3.63, 3.8) is 0 Å². The average molecular weight is 223 g/mol. The molecule has 1 aromatic rings. The summed E-state index contributed by atoms with van der Waals surface area (Å²) in [6.45, 7) is 3.55. The Morgan fingerprint density at radius 1 is 1.40 bits per heavy atom. The molecule has 0 aliphatic carbocycles. The fourth-order valence-electron chi connectivity index (χ4n) is 1.63. The van der Waals surface area contributed by atoms with E-state index in [0.717, 1.165) is 0 Å². The molecule has 4 nitrogen and oxygen atoms in total. The van der Waals surface area contributed by atoms with Crippen LogP contribution in [0.5, 0.6) is 0 Å². The second-order valence-corrected chi connectivity index (χ2v) is 4.84. The van der Waals surface area contributed by atoms with Crippen LogP contribution >= 0.6 is 0 Å². The zero-order chi connectivity index (χ0) is 11.1. The lowest BCUT2D eigenvalue weighted by Gasteiger charge is -2.02. The molecule has 0 aromatic heterocycles. The molecule has 1 aromatic carbocycles. The van der Waals surface area contributed by atoms with E-state index >= 15 is 0 Å². The van der Waals surface area contributed by atoms with Gasteiger partial charge in [-0.15, -0.1) is 6.58 Å². The number of allylic oxidation sites excluding steroid dienone is 1. The van der Waals surface area contributed by atoms with E-state index in [2.05, 4.69) is 6.58 Å². The number of fused-ring (bicyclic) bond motifs is 1. The van der Waals surface area contributed by atoms with E-state index in [1.807, 2.05) is 4.72 Å². The Morgan fingerprint density at radius 3 is 2.80 bits per heavy atom. The summed E-state index contributed by atoms with van der Waals surface area (Å²) in [5.74, 6) is -0.559. The van der Waals surface area contributed by atoms with E-state index < -0.39 is 15.9 Å². The second-order valence-electron chi connectivity index (χ2n) is 3.22. The van der Waals surface area contributed by atoms with Gasteiger partial charge in [-0.2, -0.15) is 0 Å². The lowest BCUT2D eigenvalue weighted by molar-refractivity contribution is 0.0985. The molecular formula is C10H9NO3S. The molecule has 1 aliphatic heterocycles. The van der Waals surface area contributed by atoms with Gasteiger partial charge in [-0.25, -0.2) is 13.1 Å². The van der Waals surface area contributed by atoms with Crippen LogP contribution in [0.3, 0.4) is 0 Å². The minimum Gasteiger partial charge on any atom is -0.268 e. The first-order valence-corrected chi connectivity index (χ1v) is 5.84. The van der Waals surface area contributed by atoms with Gasteiger partial charge in [-0.3, -0.25) is 4.79 Å². The van der Waals surface area contributed by atoms with Crippen LogP contribution in [0, 0.1) is 0 Å². The van der Waals surface area contributed by atoms with Gasteiger partial charge in [-0.1, -0.05) is 18.2 Å². The van der Waals surface area contributed by atoms with Crippen LogP contribution < -0.4 is 4.72 Å². The number of amides is 1. The Kier molecular flexibility index (Phi) is 2.12. The van der Waals surface area contributed by atoms with Crippen molar-refractivity contribution in [2.45, 2.75) is 11.3 Å². The maximum Gasteiger partial charge on any atom is 0.266 e. The first-order valence-electron chi connectivity index (χ1n) is 4.36. The van der Waals surface area contributed by atoms with Crippen LogP contribution in [0.15, 0.2) is 35.7 Å². The Balaban J connectivity index is 2.75. The molecule has 0 saturated carbocycles. The van der Waals surface area contributed by atoms with Crippen LogP contribution in [-0.2, 0) is 16.4 Å². The SMILES string of the molecule is C=CCc1cccc2c1S(=O)(=O)NC2=O. The average Bonchev–Trinajstić information content (AvgIpc) is 2.39. The van der Waals surface area contributed by atoms with E-state index in [-0.39, 0.29) is 10.5 Å². The van der Waals surface area contributed by atoms with Gasteiger partial charge >= 0.3 is 0 Å². The lowest BCUT2D eigenvalue weighted by Crippen LogP contribution is -2.21. The standard InChI is InChI=1S/C10H9NO3S/c1-2-4-7-5-3-6-8-9(7)15(13,14)11-10(8)12/h2-3,5-6H,1,4H2,(H,11,12). The minimum atomic E-state index is -3.65. The molecule has 0 spiro atoms. The summed E-state index contributed by atoms with van der Waals surface area (Å²) in [7, 11) is -3.65. The summed E-state index contributed by atoms with van der Waals surface area (Å²) >= 11 is 0. The highest BCUT2D eigenvalue weighted by molar-refractivity contribution is 7.90. The van der Waals surface area contributed by atoms with Gasteiger partial charge in [0.15, 0.2) is 0 Å². The number of carbonyl (C=O) groups is 1. The van der Waals surface area contributed by atoms with Gasteiger partial charge in [0.2, 0.25) is 0 Å². The summed E-state index contributed by atoms with van der Waals surface area (Å²) in [5, 5.41) is 0. The summed E-state index contributed by atoms with van der Waals surface area (Å²) in [6, 6.07) is 4.85. The van der Waals surface area contributed by atoms with E-state index in [0.29, 0.717) is 12.0 Å². The van der Waals surface area contributed by atoms with Crippen molar-refractivity contribution in [3.8, 4) is 0 Å². The normalized spacial score (nSPS) is 16.9. The highest BCUT2D eigenvalue weighted by atomic mass is 32.2. The summed E-state index contributed by atoms with van der Waals surface area (Å²) in [5.41, 5.74) is 0.815. The summed E-state index contributed by atoms with van der Waals surface area (Å²) < 4.78 is 25.1. The van der Waals surface area contributed by atoms with Crippen molar-refractivity contribution in [1.82, 2.24) is 4.72 Å². The van der Waals surface area contributed by atoms with Crippen LogP contribution in [0.25, 0.3) is 0 Å². The predicted octanol–water partition coefficient (Wildman–Crippen LogP) is 0.847. The van der Waals surface area contributed by atoms with Gasteiger partial charge in [0.25, 0.3) is 15.9 Å². The van der Waals surface area contributed by atoms with E-state index in [4.69, 9.17) is 0 Å². The van der Waals surface area contributed by atoms with Crippen molar-refractivity contribution in [2.24, 2.45) is 0 Å². The molecule has 5 heteroatoms. The molecule has 2 rings (SSSR count). The molecule has 0 radical (unpaired) electrons. The molecule has 1 amide bonds. The third kappa shape index (κ3) is 1.45. The van der Waals surface area contributed by atoms with Crippen molar-refractivity contribution in [2.75, 3.05) is 0 Å². The third-order valence-corrected chi connectivity index (χ3v) is 3.67. The largest absolute Gasteiger partial charge is 0.268 e. The molecule has 1 heterocycles. The van der Waals surface area contributed by atoms with Crippen molar-refractivity contribution in [1.29, 1.82) is 0 Å². The number of benzene rings is 1. The number of rotatable bonds is 2. The Bertz CT molecular complexity index is 546. The van der Waals surface area contributed by atoms with Gasteiger partial charge in [0.1, 0.15) is 4.90 Å². The number of nitrogens with one attached hydrogen (secondary N) is 1. The van der Waals surface area contributed by atoms with E-state index in [9.17, 15) is 13.2 Å². The predicted molar refractivity (Wildman–Crippen MR) is 55.0 cm³/mol. The van der Waals surface area contributed by atoms with Crippen LogP contribution in [0.4, 0.5) is 0 Å².